The van der Waals surface area contributed by atoms with E-state index in [4.69, 9.17) is 9.15 Å². The highest BCUT2D eigenvalue weighted by atomic mass is 32.2. The molecule has 0 spiro atoms. The molecule has 2 aromatic carbocycles. The van der Waals surface area contributed by atoms with Crippen LogP contribution in [-0.4, -0.2) is 22.6 Å². The third kappa shape index (κ3) is 4.93. The summed E-state index contributed by atoms with van der Waals surface area (Å²) in [6.07, 6.45) is 3.70. The van der Waals surface area contributed by atoms with Crippen LogP contribution in [0.1, 0.15) is 17.5 Å². The Hall–Kier alpha value is -3.59. The van der Waals surface area contributed by atoms with E-state index in [1.165, 1.54) is 31.0 Å². The molecular weight excluding hydrogens is 445 g/mol. The minimum atomic E-state index is -0.488. The van der Waals surface area contributed by atoms with Crippen molar-refractivity contribution in [3.63, 3.8) is 0 Å². The normalized spacial score (nSPS) is 11.0. The molecular formula is C24H22FN3O4S. The summed E-state index contributed by atoms with van der Waals surface area (Å²) in [6, 6.07) is 9.47. The number of anilines is 1. The lowest BCUT2D eigenvalue weighted by Gasteiger charge is -2.12. The van der Waals surface area contributed by atoms with Gasteiger partial charge in [0.15, 0.2) is 5.16 Å². The van der Waals surface area contributed by atoms with Crippen LogP contribution >= 0.6 is 11.8 Å². The third-order valence-corrected chi connectivity index (χ3v) is 6.44. The molecule has 0 fully saturated rings. The van der Waals surface area contributed by atoms with Crippen molar-refractivity contribution in [1.29, 1.82) is 0 Å². The van der Waals surface area contributed by atoms with Crippen LogP contribution in [0.15, 0.2) is 68.1 Å². The molecule has 0 radical (unpaired) electrons. The predicted molar refractivity (Wildman–Crippen MR) is 124 cm³/mol. The lowest BCUT2D eigenvalue weighted by molar-refractivity contribution is -0.116. The van der Waals surface area contributed by atoms with E-state index in [1.807, 2.05) is 24.6 Å². The number of carbonyl (C=O) groups excluding carboxylic acids is 1. The van der Waals surface area contributed by atoms with Crippen LogP contribution in [0.5, 0.6) is 5.75 Å². The van der Waals surface area contributed by atoms with Crippen molar-refractivity contribution in [2.75, 3.05) is 12.4 Å². The largest absolute Gasteiger partial charge is 0.497 e. The smallest absolute Gasteiger partial charge is 0.339 e. The Labute approximate surface area is 193 Å². The number of halogens is 1. The summed E-state index contributed by atoms with van der Waals surface area (Å²) in [5.41, 5.74) is 1.49. The van der Waals surface area contributed by atoms with Gasteiger partial charge in [-0.3, -0.25) is 4.79 Å². The SMILES string of the molecule is COc1ccc2c(C)c(CCC(=O)Nc3cc(F)ccc3Sc3nccn3C)c(=O)oc2c1. The van der Waals surface area contributed by atoms with Crippen molar-refractivity contribution in [1.82, 2.24) is 9.55 Å². The topological polar surface area (TPSA) is 86.4 Å². The van der Waals surface area contributed by atoms with Crippen molar-refractivity contribution in [2.24, 2.45) is 7.05 Å². The second-order valence-corrected chi connectivity index (χ2v) is 8.48. The van der Waals surface area contributed by atoms with E-state index in [9.17, 15) is 14.0 Å². The first-order valence-corrected chi connectivity index (χ1v) is 11.0. The van der Waals surface area contributed by atoms with Gasteiger partial charge in [0.2, 0.25) is 5.91 Å². The summed E-state index contributed by atoms with van der Waals surface area (Å²) >= 11 is 1.32. The Morgan fingerprint density at radius 1 is 1.27 bits per heavy atom. The number of ether oxygens (including phenoxy) is 1. The van der Waals surface area contributed by atoms with Crippen LogP contribution in [-0.2, 0) is 18.3 Å². The Morgan fingerprint density at radius 2 is 2.09 bits per heavy atom. The number of aryl methyl sites for hydroxylation is 2. The molecule has 0 aliphatic heterocycles. The molecule has 0 bridgehead atoms. The zero-order chi connectivity index (χ0) is 23.5. The summed E-state index contributed by atoms with van der Waals surface area (Å²) in [5, 5.41) is 4.25. The molecule has 33 heavy (non-hydrogen) atoms. The van der Waals surface area contributed by atoms with E-state index in [0.29, 0.717) is 32.6 Å². The van der Waals surface area contributed by atoms with Gasteiger partial charge in [-0.15, -0.1) is 0 Å². The monoisotopic (exact) mass is 467 g/mol. The van der Waals surface area contributed by atoms with Gasteiger partial charge in [0.05, 0.1) is 12.8 Å². The fraction of sp³-hybridized carbons (Fsp3) is 0.208. The Balaban J connectivity index is 1.51. The maximum absolute atomic E-state index is 13.9. The molecule has 0 unspecified atom stereocenters. The van der Waals surface area contributed by atoms with Gasteiger partial charge in [0.1, 0.15) is 17.1 Å². The number of amides is 1. The van der Waals surface area contributed by atoms with Gasteiger partial charge in [-0.05, 0) is 61.0 Å². The number of aromatic nitrogens is 2. The molecule has 9 heteroatoms. The second-order valence-electron chi connectivity index (χ2n) is 7.47. The van der Waals surface area contributed by atoms with Crippen molar-refractivity contribution in [2.45, 2.75) is 29.8 Å². The predicted octanol–water partition coefficient (Wildman–Crippen LogP) is 4.71. The molecule has 0 saturated heterocycles. The highest BCUT2D eigenvalue weighted by Gasteiger charge is 2.16. The molecule has 7 nitrogen and oxygen atoms in total. The van der Waals surface area contributed by atoms with Gasteiger partial charge < -0.3 is 19.0 Å². The molecule has 0 aliphatic rings. The number of imidazole rings is 1. The standard InChI is InChI=1S/C24H22FN3O4S/c1-14-17-6-5-16(31-3)13-20(17)32-23(30)18(14)7-9-22(29)27-19-12-15(25)4-8-21(19)33-24-26-10-11-28(24)2/h4-6,8,10-13H,7,9H2,1-3H3,(H,27,29). The molecule has 2 heterocycles. The number of benzene rings is 2. The van der Waals surface area contributed by atoms with Gasteiger partial charge in [-0.2, -0.15) is 0 Å². The van der Waals surface area contributed by atoms with E-state index in [-0.39, 0.29) is 18.7 Å². The Kier molecular flexibility index (Phi) is 6.50. The van der Waals surface area contributed by atoms with Gasteiger partial charge in [-0.1, -0.05) is 0 Å². The molecule has 1 amide bonds. The van der Waals surface area contributed by atoms with Crippen molar-refractivity contribution < 1.29 is 18.3 Å². The van der Waals surface area contributed by atoms with Gasteiger partial charge in [0.25, 0.3) is 0 Å². The molecule has 4 rings (SSSR count). The molecule has 2 aromatic heterocycles. The van der Waals surface area contributed by atoms with Gasteiger partial charge >= 0.3 is 5.63 Å². The third-order valence-electron chi connectivity index (χ3n) is 5.29. The van der Waals surface area contributed by atoms with Crippen LogP contribution in [0.4, 0.5) is 10.1 Å². The number of nitrogens with one attached hydrogen (secondary N) is 1. The molecule has 0 saturated carbocycles. The number of methoxy groups -OCH3 is 1. The van der Waals surface area contributed by atoms with Crippen LogP contribution in [0, 0.1) is 12.7 Å². The summed E-state index contributed by atoms with van der Waals surface area (Å²) in [4.78, 5) is 30.1. The highest BCUT2D eigenvalue weighted by Crippen LogP contribution is 2.33. The summed E-state index contributed by atoms with van der Waals surface area (Å²) in [6.45, 7) is 1.83. The van der Waals surface area contributed by atoms with E-state index >= 15 is 0 Å². The first-order chi connectivity index (χ1) is 15.9. The fourth-order valence-electron chi connectivity index (χ4n) is 3.48. The summed E-state index contributed by atoms with van der Waals surface area (Å²) in [5.74, 6) is -0.210. The summed E-state index contributed by atoms with van der Waals surface area (Å²) < 4.78 is 26.3. The lowest BCUT2D eigenvalue weighted by atomic mass is 10.0. The van der Waals surface area contributed by atoms with Crippen molar-refractivity contribution in [3.8, 4) is 5.75 Å². The van der Waals surface area contributed by atoms with E-state index in [2.05, 4.69) is 10.3 Å². The molecule has 0 atom stereocenters. The average molecular weight is 468 g/mol. The van der Waals surface area contributed by atoms with Crippen LogP contribution in [0.3, 0.4) is 0 Å². The zero-order valence-corrected chi connectivity index (χ0v) is 19.2. The second kappa shape index (κ2) is 9.50. The summed E-state index contributed by atoms with van der Waals surface area (Å²) in [7, 11) is 3.39. The number of rotatable bonds is 7. The molecule has 1 N–H and O–H groups in total. The van der Waals surface area contributed by atoms with Crippen LogP contribution in [0.25, 0.3) is 11.0 Å². The maximum atomic E-state index is 13.9. The number of hydrogen-bond acceptors (Lipinski definition) is 6. The minimum Gasteiger partial charge on any atom is -0.497 e. The highest BCUT2D eigenvalue weighted by molar-refractivity contribution is 7.99. The fourth-order valence-corrected chi connectivity index (χ4v) is 4.35. The number of carbonyl (C=O) groups is 1. The zero-order valence-electron chi connectivity index (χ0n) is 18.3. The van der Waals surface area contributed by atoms with Crippen LogP contribution in [0.2, 0.25) is 0 Å². The van der Waals surface area contributed by atoms with Gasteiger partial charge in [0, 0.05) is 47.8 Å². The van der Waals surface area contributed by atoms with E-state index < -0.39 is 11.4 Å². The van der Waals surface area contributed by atoms with Gasteiger partial charge in [-0.25, -0.2) is 14.2 Å². The molecule has 170 valence electrons. The van der Waals surface area contributed by atoms with Crippen molar-refractivity contribution in [3.05, 3.63) is 76.2 Å². The first-order valence-electron chi connectivity index (χ1n) is 10.2. The quantitative estimate of drug-likeness (QED) is 0.397. The molecule has 4 aromatic rings. The maximum Gasteiger partial charge on any atom is 0.339 e. The Bertz CT molecular complexity index is 1400. The van der Waals surface area contributed by atoms with Crippen LogP contribution < -0.4 is 15.7 Å². The average Bonchev–Trinajstić information content (AvgIpc) is 3.19. The first kappa shape index (κ1) is 22.6. The van der Waals surface area contributed by atoms with Crippen molar-refractivity contribution >= 4 is 34.3 Å². The number of fused-ring (bicyclic) bond motifs is 1. The minimum absolute atomic E-state index is 0.0380. The Morgan fingerprint density at radius 3 is 2.82 bits per heavy atom. The lowest BCUT2D eigenvalue weighted by Crippen LogP contribution is -2.17. The van der Waals surface area contributed by atoms with E-state index in [0.717, 1.165) is 10.9 Å². The van der Waals surface area contributed by atoms with E-state index in [1.54, 1.807) is 30.6 Å². The number of hydrogen-bond donors (Lipinski definition) is 1. The molecule has 0 aliphatic carbocycles. The number of nitrogens with zero attached hydrogens (tertiary/aromatic N) is 2.